The smallest absolute Gasteiger partial charge is 0.153 e. The zero-order valence-electron chi connectivity index (χ0n) is 11.4. The van der Waals surface area contributed by atoms with Gasteiger partial charge in [0.1, 0.15) is 11.6 Å². The second-order valence-electron chi connectivity index (χ2n) is 4.86. The predicted molar refractivity (Wildman–Crippen MR) is 81.3 cm³/mol. The zero-order valence-corrected chi connectivity index (χ0v) is 12.1. The van der Waals surface area contributed by atoms with Crippen LogP contribution in [-0.2, 0) is 0 Å². The molecule has 0 radical (unpaired) electrons. The van der Waals surface area contributed by atoms with Gasteiger partial charge in [0.2, 0.25) is 0 Å². The van der Waals surface area contributed by atoms with Crippen molar-refractivity contribution in [3.63, 3.8) is 0 Å². The van der Waals surface area contributed by atoms with Gasteiger partial charge in [-0.2, -0.15) is 0 Å². The number of nitrogens with one attached hydrogen (secondary N) is 1. The third-order valence-corrected chi connectivity index (χ3v) is 3.42. The average molecular weight is 287 g/mol. The van der Waals surface area contributed by atoms with Crippen molar-refractivity contribution < 1.29 is 4.74 Å². The first-order chi connectivity index (χ1) is 9.61. The first kappa shape index (κ1) is 13.0. The van der Waals surface area contributed by atoms with Crippen LogP contribution in [0.2, 0.25) is 5.02 Å². The van der Waals surface area contributed by atoms with E-state index in [1.807, 2.05) is 49.4 Å². The Labute approximate surface area is 122 Å². The summed E-state index contributed by atoms with van der Waals surface area (Å²) >= 11 is 5.97. The molecule has 3 rings (SSSR count). The lowest BCUT2D eigenvalue weighted by Gasteiger charge is -2.12. The standard InChI is InChI=1S/C16H15ClN2O/c1-10-3-6-13(7-4-10)20-11(2)16-18-14-8-5-12(17)9-15(14)19-16/h3-9,11H,1-2H3,(H,18,19). The van der Waals surface area contributed by atoms with Gasteiger partial charge in [0.05, 0.1) is 11.0 Å². The van der Waals surface area contributed by atoms with E-state index in [0.29, 0.717) is 5.02 Å². The molecule has 0 bridgehead atoms. The number of rotatable bonds is 3. The molecule has 3 nitrogen and oxygen atoms in total. The maximum Gasteiger partial charge on any atom is 0.153 e. The molecule has 0 amide bonds. The molecule has 3 aromatic rings. The number of hydrogen-bond donors (Lipinski definition) is 1. The van der Waals surface area contributed by atoms with Crippen LogP contribution in [0.4, 0.5) is 0 Å². The molecule has 0 spiro atoms. The number of aryl methyl sites for hydroxylation is 1. The number of imidazole rings is 1. The molecule has 0 saturated heterocycles. The fourth-order valence-electron chi connectivity index (χ4n) is 2.07. The number of aromatic nitrogens is 2. The highest BCUT2D eigenvalue weighted by atomic mass is 35.5. The Bertz CT molecular complexity index is 734. The van der Waals surface area contributed by atoms with Gasteiger partial charge < -0.3 is 9.72 Å². The van der Waals surface area contributed by atoms with Crippen molar-refractivity contribution in [1.82, 2.24) is 9.97 Å². The fourth-order valence-corrected chi connectivity index (χ4v) is 2.24. The average Bonchev–Trinajstić information content (AvgIpc) is 2.84. The lowest BCUT2D eigenvalue weighted by molar-refractivity contribution is 0.218. The van der Waals surface area contributed by atoms with E-state index in [4.69, 9.17) is 16.3 Å². The molecule has 20 heavy (non-hydrogen) atoms. The van der Waals surface area contributed by atoms with Crippen LogP contribution in [0.15, 0.2) is 42.5 Å². The highest BCUT2D eigenvalue weighted by Gasteiger charge is 2.12. The number of hydrogen-bond acceptors (Lipinski definition) is 2. The Morgan fingerprint density at radius 1 is 1.15 bits per heavy atom. The van der Waals surface area contributed by atoms with E-state index in [0.717, 1.165) is 22.6 Å². The predicted octanol–water partition coefficient (Wildman–Crippen LogP) is 4.66. The van der Waals surface area contributed by atoms with Crippen molar-refractivity contribution in [2.45, 2.75) is 20.0 Å². The largest absolute Gasteiger partial charge is 0.483 e. The number of H-pyrrole nitrogens is 1. The van der Waals surface area contributed by atoms with Crippen LogP contribution < -0.4 is 4.74 Å². The minimum atomic E-state index is -0.149. The quantitative estimate of drug-likeness (QED) is 0.760. The molecular weight excluding hydrogens is 272 g/mol. The summed E-state index contributed by atoms with van der Waals surface area (Å²) in [5.41, 5.74) is 3.03. The van der Waals surface area contributed by atoms with Crippen LogP contribution >= 0.6 is 11.6 Å². The number of nitrogens with zero attached hydrogens (tertiary/aromatic N) is 1. The molecule has 0 aliphatic heterocycles. The summed E-state index contributed by atoms with van der Waals surface area (Å²) < 4.78 is 5.89. The molecule has 1 unspecified atom stereocenters. The molecule has 0 fully saturated rings. The van der Waals surface area contributed by atoms with Gasteiger partial charge in [0.15, 0.2) is 6.10 Å². The number of benzene rings is 2. The summed E-state index contributed by atoms with van der Waals surface area (Å²) in [6, 6.07) is 13.6. The van der Waals surface area contributed by atoms with E-state index in [1.54, 1.807) is 0 Å². The Kier molecular flexibility index (Phi) is 3.36. The molecule has 1 atom stereocenters. The van der Waals surface area contributed by atoms with E-state index >= 15 is 0 Å². The lowest BCUT2D eigenvalue weighted by Crippen LogP contribution is -2.04. The Morgan fingerprint density at radius 3 is 2.65 bits per heavy atom. The van der Waals surface area contributed by atoms with Gasteiger partial charge >= 0.3 is 0 Å². The minimum absolute atomic E-state index is 0.149. The Hall–Kier alpha value is -2.00. The molecule has 0 saturated carbocycles. The number of aromatic amines is 1. The summed E-state index contributed by atoms with van der Waals surface area (Å²) in [6.07, 6.45) is -0.149. The first-order valence-corrected chi connectivity index (χ1v) is 6.88. The Morgan fingerprint density at radius 2 is 1.90 bits per heavy atom. The molecular formula is C16H15ClN2O. The summed E-state index contributed by atoms with van der Waals surface area (Å²) in [7, 11) is 0. The third kappa shape index (κ3) is 2.63. The molecule has 102 valence electrons. The third-order valence-electron chi connectivity index (χ3n) is 3.18. The fraction of sp³-hybridized carbons (Fsp3) is 0.188. The van der Waals surface area contributed by atoms with Gasteiger partial charge in [-0.1, -0.05) is 29.3 Å². The monoisotopic (exact) mass is 286 g/mol. The summed E-state index contributed by atoms with van der Waals surface area (Å²) in [4.78, 5) is 7.78. The molecule has 2 aromatic carbocycles. The van der Waals surface area contributed by atoms with Crippen LogP contribution in [0.3, 0.4) is 0 Å². The van der Waals surface area contributed by atoms with Crippen molar-refractivity contribution >= 4 is 22.6 Å². The molecule has 0 aliphatic carbocycles. The van der Waals surface area contributed by atoms with Crippen LogP contribution in [0, 0.1) is 6.92 Å². The molecule has 4 heteroatoms. The van der Waals surface area contributed by atoms with E-state index in [-0.39, 0.29) is 6.10 Å². The minimum Gasteiger partial charge on any atom is -0.483 e. The number of fused-ring (bicyclic) bond motifs is 1. The van der Waals surface area contributed by atoms with E-state index in [2.05, 4.69) is 16.9 Å². The van der Waals surface area contributed by atoms with Crippen LogP contribution in [0.25, 0.3) is 11.0 Å². The van der Waals surface area contributed by atoms with Crippen LogP contribution in [0.5, 0.6) is 5.75 Å². The number of halogens is 1. The van der Waals surface area contributed by atoms with Gasteiger partial charge in [0, 0.05) is 5.02 Å². The van der Waals surface area contributed by atoms with Gasteiger partial charge in [-0.05, 0) is 44.2 Å². The second kappa shape index (κ2) is 5.17. The summed E-state index contributed by atoms with van der Waals surface area (Å²) in [5.74, 6) is 1.63. The van der Waals surface area contributed by atoms with Crippen molar-refractivity contribution in [3.8, 4) is 5.75 Å². The van der Waals surface area contributed by atoms with Crippen molar-refractivity contribution in [1.29, 1.82) is 0 Å². The van der Waals surface area contributed by atoms with E-state index in [9.17, 15) is 0 Å². The van der Waals surface area contributed by atoms with Crippen molar-refractivity contribution in [2.24, 2.45) is 0 Å². The molecule has 0 aliphatic rings. The molecule has 1 N–H and O–H groups in total. The van der Waals surface area contributed by atoms with Gasteiger partial charge in [-0.15, -0.1) is 0 Å². The zero-order chi connectivity index (χ0) is 14.1. The maximum atomic E-state index is 5.97. The van der Waals surface area contributed by atoms with E-state index < -0.39 is 0 Å². The normalized spacial score (nSPS) is 12.6. The summed E-state index contributed by atoms with van der Waals surface area (Å²) in [6.45, 7) is 4.02. The molecule has 1 heterocycles. The van der Waals surface area contributed by atoms with Gasteiger partial charge in [-0.25, -0.2) is 4.98 Å². The first-order valence-electron chi connectivity index (χ1n) is 6.50. The second-order valence-corrected chi connectivity index (χ2v) is 5.29. The highest BCUT2D eigenvalue weighted by molar-refractivity contribution is 6.31. The molecule has 1 aromatic heterocycles. The van der Waals surface area contributed by atoms with Crippen LogP contribution in [-0.4, -0.2) is 9.97 Å². The highest BCUT2D eigenvalue weighted by Crippen LogP contribution is 2.23. The number of ether oxygens (including phenoxy) is 1. The maximum absolute atomic E-state index is 5.97. The van der Waals surface area contributed by atoms with E-state index in [1.165, 1.54) is 5.56 Å². The van der Waals surface area contributed by atoms with Gasteiger partial charge in [0.25, 0.3) is 0 Å². The van der Waals surface area contributed by atoms with Crippen LogP contribution in [0.1, 0.15) is 24.4 Å². The van der Waals surface area contributed by atoms with Crippen molar-refractivity contribution in [2.75, 3.05) is 0 Å². The SMILES string of the molecule is Cc1ccc(OC(C)c2nc3ccc(Cl)cc3[nH]2)cc1. The van der Waals surface area contributed by atoms with Gasteiger partial charge in [-0.3, -0.25) is 0 Å². The summed E-state index contributed by atoms with van der Waals surface area (Å²) in [5, 5.41) is 0.694. The van der Waals surface area contributed by atoms with Crippen molar-refractivity contribution in [3.05, 3.63) is 58.9 Å². The topological polar surface area (TPSA) is 37.9 Å². The Balaban J connectivity index is 1.84. The lowest BCUT2D eigenvalue weighted by atomic mass is 10.2.